The van der Waals surface area contributed by atoms with Crippen molar-refractivity contribution < 1.29 is 9.18 Å². The molecule has 19 heavy (non-hydrogen) atoms. The molecular formula is C14H10Cl2FNO. The van der Waals surface area contributed by atoms with Gasteiger partial charge < -0.3 is 0 Å². The number of benzene rings is 1. The summed E-state index contributed by atoms with van der Waals surface area (Å²) in [4.78, 5) is 15.6. The Morgan fingerprint density at radius 2 is 1.84 bits per heavy atom. The van der Waals surface area contributed by atoms with Gasteiger partial charge in [0.05, 0.1) is 5.56 Å². The van der Waals surface area contributed by atoms with Gasteiger partial charge in [0, 0.05) is 6.42 Å². The van der Waals surface area contributed by atoms with E-state index in [2.05, 4.69) is 4.98 Å². The molecule has 0 aliphatic carbocycles. The van der Waals surface area contributed by atoms with Crippen LogP contribution >= 0.6 is 23.2 Å². The quantitative estimate of drug-likeness (QED) is 0.620. The summed E-state index contributed by atoms with van der Waals surface area (Å²) in [6.07, 6.45) is 0.812. The monoisotopic (exact) mass is 297 g/mol. The number of hydrogen-bond donors (Lipinski definition) is 0. The second-order valence-corrected chi connectivity index (χ2v) is 4.72. The molecular weight excluding hydrogens is 288 g/mol. The second kappa shape index (κ2) is 6.13. The van der Waals surface area contributed by atoms with E-state index >= 15 is 0 Å². The summed E-state index contributed by atoms with van der Waals surface area (Å²) in [5.74, 6) is -0.994. The molecule has 2 nitrogen and oxygen atoms in total. The van der Waals surface area contributed by atoms with E-state index in [1.807, 2.05) is 30.3 Å². The van der Waals surface area contributed by atoms with Crippen LogP contribution in [0, 0.1) is 5.82 Å². The van der Waals surface area contributed by atoms with Crippen molar-refractivity contribution >= 4 is 29.0 Å². The zero-order valence-electron chi connectivity index (χ0n) is 9.87. The minimum absolute atomic E-state index is 0.0653. The highest BCUT2D eigenvalue weighted by Crippen LogP contribution is 2.22. The molecule has 1 heterocycles. The van der Waals surface area contributed by atoms with Gasteiger partial charge in [-0.2, -0.15) is 0 Å². The molecule has 0 unspecified atom stereocenters. The molecule has 0 fully saturated rings. The number of aryl methyl sites for hydroxylation is 1. The highest BCUT2D eigenvalue weighted by atomic mass is 35.5. The number of ketones is 1. The predicted molar refractivity (Wildman–Crippen MR) is 73.3 cm³/mol. The van der Waals surface area contributed by atoms with E-state index in [1.54, 1.807) is 0 Å². The first-order chi connectivity index (χ1) is 9.08. The summed E-state index contributed by atoms with van der Waals surface area (Å²) in [6, 6.07) is 10.6. The molecule has 0 aliphatic heterocycles. The van der Waals surface area contributed by atoms with Crippen LogP contribution in [0.1, 0.15) is 22.3 Å². The van der Waals surface area contributed by atoms with Crippen LogP contribution in [0.15, 0.2) is 36.4 Å². The van der Waals surface area contributed by atoms with Gasteiger partial charge in [-0.25, -0.2) is 9.37 Å². The van der Waals surface area contributed by atoms with Gasteiger partial charge in [-0.15, -0.1) is 0 Å². The Hall–Kier alpha value is -1.45. The molecule has 0 aliphatic rings. The number of nitrogens with zero attached hydrogens (tertiary/aromatic N) is 1. The van der Waals surface area contributed by atoms with Crippen molar-refractivity contribution in [3.8, 4) is 0 Å². The number of halogens is 3. The van der Waals surface area contributed by atoms with Crippen LogP contribution in [0.5, 0.6) is 0 Å². The molecule has 0 saturated carbocycles. The minimum atomic E-state index is -0.742. The lowest BCUT2D eigenvalue weighted by Gasteiger charge is -2.04. The smallest absolute Gasteiger partial charge is 0.166 e. The van der Waals surface area contributed by atoms with Gasteiger partial charge in [-0.05, 0) is 18.1 Å². The van der Waals surface area contributed by atoms with Crippen molar-refractivity contribution in [3.05, 3.63) is 63.6 Å². The average Bonchev–Trinajstić information content (AvgIpc) is 2.41. The van der Waals surface area contributed by atoms with Crippen LogP contribution in [-0.2, 0) is 6.42 Å². The molecule has 0 bridgehead atoms. The fourth-order valence-corrected chi connectivity index (χ4v) is 2.11. The first-order valence-corrected chi connectivity index (χ1v) is 6.42. The van der Waals surface area contributed by atoms with Crippen molar-refractivity contribution in [3.63, 3.8) is 0 Å². The molecule has 2 aromatic rings. The number of Topliss-reactive ketones (excluding diaryl/α,β-unsaturated/α-hetero) is 1. The maximum absolute atomic E-state index is 13.3. The van der Waals surface area contributed by atoms with Crippen LogP contribution in [-0.4, -0.2) is 10.8 Å². The first-order valence-electron chi connectivity index (χ1n) is 5.66. The zero-order chi connectivity index (χ0) is 13.8. The van der Waals surface area contributed by atoms with E-state index in [-0.39, 0.29) is 28.1 Å². The summed E-state index contributed by atoms with van der Waals surface area (Å²) in [7, 11) is 0. The zero-order valence-corrected chi connectivity index (χ0v) is 11.4. The molecule has 0 N–H and O–H groups in total. The third-order valence-electron chi connectivity index (χ3n) is 2.67. The maximum atomic E-state index is 13.3. The van der Waals surface area contributed by atoms with Gasteiger partial charge in [0.1, 0.15) is 5.15 Å². The molecule has 0 amide bonds. The number of rotatable bonds is 4. The Morgan fingerprint density at radius 3 is 2.53 bits per heavy atom. The number of carbonyl (C=O) groups excluding carboxylic acids is 1. The topological polar surface area (TPSA) is 30.0 Å². The van der Waals surface area contributed by atoms with Gasteiger partial charge >= 0.3 is 0 Å². The lowest BCUT2D eigenvalue weighted by molar-refractivity contribution is 0.0982. The molecule has 1 aromatic heterocycles. The highest BCUT2D eigenvalue weighted by molar-refractivity contribution is 6.34. The van der Waals surface area contributed by atoms with Crippen molar-refractivity contribution in [2.24, 2.45) is 0 Å². The van der Waals surface area contributed by atoms with Crippen LogP contribution in [0.25, 0.3) is 0 Å². The molecule has 0 radical (unpaired) electrons. The lowest BCUT2D eigenvalue weighted by atomic mass is 10.0. The number of aromatic nitrogens is 1. The summed E-state index contributed by atoms with van der Waals surface area (Å²) < 4.78 is 13.3. The third-order valence-corrected chi connectivity index (χ3v) is 3.22. The normalized spacial score (nSPS) is 10.5. The minimum Gasteiger partial charge on any atom is -0.294 e. The Bertz CT molecular complexity index is 602. The number of carbonyl (C=O) groups is 1. The molecule has 0 spiro atoms. The standard InChI is InChI=1S/C14H10Cl2FNO/c15-13-10(8-11(17)14(16)18-13)12(19)7-6-9-4-2-1-3-5-9/h1-5,8H,6-7H2. The molecule has 5 heteroatoms. The molecule has 0 atom stereocenters. The van der Waals surface area contributed by atoms with Crippen molar-refractivity contribution in [1.29, 1.82) is 0 Å². The van der Waals surface area contributed by atoms with Crippen LogP contribution in [0.4, 0.5) is 4.39 Å². The van der Waals surface area contributed by atoms with E-state index < -0.39 is 5.82 Å². The fraction of sp³-hybridized carbons (Fsp3) is 0.143. The third kappa shape index (κ3) is 3.52. The average molecular weight is 298 g/mol. The second-order valence-electron chi connectivity index (χ2n) is 4.01. The summed E-state index contributed by atoms with van der Waals surface area (Å²) in [5, 5.41) is -0.394. The van der Waals surface area contributed by atoms with Gasteiger partial charge in [0.25, 0.3) is 0 Å². The Balaban J connectivity index is 2.10. The molecule has 98 valence electrons. The lowest BCUT2D eigenvalue weighted by Crippen LogP contribution is -2.04. The summed E-state index contributed by atoms with van der Waals surface area (Å²) >= 11 is 11.3. The van der Waals surface area contributed by atoms with E-state index in [0.29, 0.717) is 6.42 Å². The van der Waals surface area contributed by atoms with Crippen LogP contribution in [0.3, 0.4) is 0 Å². The van der Waals surface area contributed by atoms with E-state index in [1.165, 1.54) is 0 Å². The number of pyridine rings is 1. The van der Waals surface area contributed by atoms with Gasteiger partial charge in [-0.3, -0.25) is 4.79 Å². The largest absolute Gasteiger partial charge is 0.294 e. The summed E-state index contributed by atoms with van der Waals surface area (Å²) in [5.41, 5.74) is 1.11. The first kappa shape index (κ1) is 14.0. The van der Waals surface area contributed by atoms with Gasteiger partial charge in [0.2, 0.25) is 0 Å². The maximum Gasteiger partial charge on any atom is 0.166 e. The van der Waals surface area contributed by atoms with E-state index in [9.17, 15) is 9.18 Å². The highest BCUT2D eigenvalue weighted by Gasteiger charge is 2.15. The van der Waals surface area contributed by atoms with Gasteiger partial charge in [-0.1, -0.05) is 53.5 Å². The summed E-state index contributed by atoms with van der Waals surface area (Å²) in [6.45, 7) is 0. The SMILES string of the molecule is O=C(CCc1ccccc1)c1cc(F)c(Cl)nc1Cl. The Kier molecular flexibility index (Phi) is 4.51. The van der Waals surface area contributed by atoms with E-state index in [4.69, 9.17) is 23.2 Å². The van der Waals surface area contributed by atoms with Crippen molar-refractivity contribution in [1.82, 2.24) is 4.98 Å². The van der Waals surface area contributed by atoms with Crippen LogP contribution in [0.2, 0.25) is 10.3 Å². The van der Waals surface area contributed by atoms with Crippen LogP contribution < -0.4 is 0 Å². The fourth-order valence-electron chi connectivity index (χ4n) is 1.68. The predicted octanol–water partition coefficient (Wildman–Crippen LogP) is 4.34. The Morgan fingerprint density at radius 1 is 1.16 bits per heavy atom. The van der Waals surface area contributed by atoms with Crippen molar-refractivity contribution in [2.45, 2.75) is 12.8 Å². The molecule has 0 saturated heterocycles. The number of hydrogen-bond acceptors (Lipinski definition) is 2. The molecule has 1 aromatic carbocycles. The van der Waals surface area contributed by atoms with Crippen molar-refractivity contribution in [2.75, 3.05) is 0 Å². The molecule has 2 rings (SSSR count). The Labute approximate surface area is 120 Å². The van der Waals surface area contributed by atoms with E-state index in [0.717, 1.165) is 11.6 Å². The van der Waals surface area contributed by atoms with Gasteiger partial charge in [0.15, 0.2) is 16.8 Å².